The molecule has 0 bridgehead atoms. The molecule has 15 heavy (non-hydrogen) atoms. The van der Waals surface area contributed by atoms with E-state index in [1.54, 1.807) is 13.0 Å². The number of phenols is 1. The summed E-state index contributed by atoms with van der Waals surface area (Å²) in [4.78, 5) is 12.5. The second kappa shape index (κ2) is 5.19. The molecule has 0 saturated carbocycles. The van der Waals surface area contributed by atoms with Gasteiger partial charge in [-0.05, 0) is 18.4 Å². The van der Waals surface area contributed by atoms with Gasteiger partial charge in [-0.2, -0.15) is 0 Å². The van der Waals surface area contributed by atoms with E-state index in [4.69, 9.17) is 5.73 Å². The molecule has 4 heteroatoms. The summed E-state index contributed by atoms with van der Waals surface area (Å²) in [6.45, 7) is 2.01. The van der Waals surface area contributed by atoms with Crippen molar-refractivity contribution in [3.63, 3.8) is 0 Å². The van der Waals surface area contributed by atoms with Crippen molar-refractivity contribution in [3.8, 4) is 5.75 Å². The first-order chi connectivity index (χ1) is 7.13. The van der Waals surface area contributed by atoms with E-state index in [0.29, 0.717) is 17.5 Å². The Kier molecular flexibility index (Phi) is 4.17. The van der Waals surface area contributed by atoms with E-state index in [1.807, 2.05) is 12.3 Å². The van der Waals surface area contributed by atoms with Gasteiger partial charge in [0.25, 0.3) is 0 Å². The number of hydrogen-bond donors (Lipinski definition) is 2. The zero-order valence-corrected chi connectivity index (χ0v) is 9.73. The number of phenolic OH excluding ortho intramolecular Hbond substituents is 1. The second-order valence-corrected chi connectivity index (χ2v) is 4.04. The van der Waals surface area contributed by atoms with Gasteiger partial charge in [-0.25, -0.2) is 0 Å². The van der Waals surface area contributed by atoms with Crippen molar-refractivity contribution in [2.24, 2.45) is 5.73 Å². The molecule has 3 N–H and O–H groups in total. The van der Waals surface area contributed by atoms with Gasteiger partial charge in [0.05, 0.1) is 5.56 Å². The lowest BCUT2D eigenvalue weighted by Crippen LogP contribution is -2.03. The third-order valence-corrected chi connectivity index (χ3v) is 2.95. The van der Waals surface area contributed by atoms with Gasteiger partial charge < -0.3 is 10.8 Å². The maximum absolute atomic E-state index is 11.6. The Hall–Kier alpha value is -1.00. The molecule has 0 heterocycles. The maximum atomic E-state index is 11.6. The van der Waals surface area contributed by atoms with Crippen molar-refractivity contribution in [1.82, 2.24) is 0 Å². The molecule has 0 aliphatic heterocycles. The van der Waals surface area contributed by atoms with Crippen molar-refractivity contribution >= 4 is 17.5 Å². The average molecular weight is 225 g/mol. The molecule has 0 fully saturated rings. The third kappa shape index (κ3) is 2.52. The van der Waals surface area contributed by atoms with E-state index in [1.165, 1.54) is 11.8 Å². The van der Waals surface area contributed by atoms with Crippen molar-refractivity contribution in [3.05, 3.63) is 23.3 Å². The van der Waals surface area contributed by atoms with Gasteiger partial charge in [-0.3, -0.25) is 4.79 Å². The van der Waals surface area contributed by atoms with E-state index in [-0.39, 0.29) is 18.1 Å². The van der Waals surface area contributed by atoms with Gasteiger partial charge >= 0.3 is 0 Å². The summed E-state index contributed by atoms with van der Waals surface area (Å²) in [5.41, 5.74) is 6.51. The number of carbonyl (C=O) groups excluding carboxylic acids is 1. The van der Waals surface area contributed by atoms with Crippen LogP contribution in [-0.4, -0.2) is 17.1 Å². The van der Waals surface area contributed by atoms with Gasteiger partial charge in [0.1, 0.15) is 5.75 Å². The first-order valence-electron chi connectivity index (χ1n) is 4.77. The molecule has 0 amide bonds. The third-order valence-electron chi connectivity index (χ3n) is 2.24. The fourth-order valence-corrected chi connectivity index (χ4v) is 1.84. The van der Waals surface area contributed by atoms with Crippen molar-refractivity contribution in [1.29, 1.82) is 0 Å². The number of Topliss-reactive ketones (excluding diaryl/α,β-unsaturated/α-hetero) is 1. The van der Waals surface area contributed by atoms with E-state index in [2.05, 4.69) is 0 Å². The molecule has 1 aromatic rings. The second-order valence-electron chi connectivity index (χ2n) is 3.16. The Morgan fingerprint density at radius 1 is 1.53 bits per heavy atom. The highest BCUT2D eigenvalue weighted by molar-refractivity contribution is 7.98. The number of carbonyl (C=O) groups is 1. The molecule has 3 nitrogen and oxygen atoms in total. The summed E-state index contributed by atoms with van der Waals surface area (Å²) in [6, 6.07) is 3.53. The summed E-state index contributed by atoms with van der Waals surface area (Å²) in [5.74, 6) is -0.0275. The molecule has 0 aliphatic carbocycles. The van der Waals surface area contributed by atoms with Crippen LogP contribution in [0.15, 0.2) is 17.0 Å². The number of benzene rings is 1. The summed E-state index contributed by atoms with van der Waals surface area (Å²) in [7, 11) is 0. The Bertz CT molecular complexity index is 377. The molecule has 82 valence electrons. The predicted molar refractivity (Wildman–Crippen MR) is 62.4 cm³/mol. The summed E-state index contributed by atoms with van der Waals surface area (Å²) in [5, 5.41) is 9.80. The van der Waals surface area contributed by atoms with Gasteiger partial charge in [0.2, 0.25) is 0 Å². The number of aromatic hydroxyl groups is 1. The van der Waals surface area contributed by atoms with E-state index in [9.17, 15) is 9.90 Å². The summed E-state index contributed by atoms with van der Waals surface area (Å²) >= 11 is 1.53. The SMILES string of the molecule is CCC(=O)c1cc(SC)cc(CN)c1O. The van der Waals surface area contributed by atoms with Gasteiger partial charge in [0, 0.05) is 23.4 Å². The molecule has 0 unspecified atom stereocenters. The number of rotatable bonds is 4. The van der Waals surface area contributed by atoms with Crippen LogP contribution in [-0.2, 0) is 6.54 Å². The van der Waals surface area contributed by atoms with Gasteiger partial charge in [-0.15, -0.1) is 11.8 Å². The van der Waals surface area contributed by atoms with Crippen molar-refractivity contribution in [2.75, 3.05) is 6.26 Å². The van der Waals surface area contributed by atoms with Crippen molar-refractivity contribution in [2.45, 2.75) is 24.8 Å². The molecule has 1 aromatic carbocycles. The van der Waals surface area contributed by atoms with Crippen LogP contribution in [0.3, 0.4) is 0 Å². The molecule has 0 aliphatic rings. The van der Waals surface area contributed by atoms with Crippen LogP contribution in [0, 0.1) is 0 Å². The largest absolute Gasteiger partial charge is 0.507 e. The maximum Gasteiger partial charge on any atom is 0.166 e. The molecule has 0 atom stereocenters. The molecular formula is C11H15NO2S. The van der Waals surface area contributed by atoms with E-state index in [0.717, 1.165) is 4.90 Å². The highest BCUT2D eigenvalue weighted by Gasteiger charge is 2.13. The lowest BCUT2D eigenvalue weighted by atomic mass is 10.0. The van der Waals surface area contributed by atoms with Crippen molar-refractivity contribution < 1.29 is 9.90 Å². The first-order valence-corrected chi connectivity index (χ1v) is 5.99. The Morgan fingerprint density at radius 3 is 2.67 bits per heavy atom. The number of ketones is 1. The Morgan fingerprint density at radius 2 is 2.20 bits per heavy atom. The number of thioether (sulfide) groups is 1. The topological polar surface area (TPSA) is 63.3 Å². The van der Waals surface area contributed by atoms with Crippen LogP contribution in [0.5, 0.6) is 5.75 Å². The lowest BCUT2D eigenvalue weighted by Gasteiger charge is -2.09. The van der Waals surface area contributed by atoms with E-state index < -0.39 is 0 Å². The minimum atomic E-state index is -0.0573. The fraction of sp³-hybridized carbons (Fsp3) is 0.364. The van der Waals surface area contributed by atoms with Crippen LogP contribution < -0.4 is 5.73 Å². The molecule has 0 radical (unpaired) electrons. The number of hydrogen-bond acceptors (Lipinski definition) is 4. The Labute approximate surface area is 93.7 Å². The minimum absolute atomic E-state index is 0.0298. The molecule has 1 rings (SSSR count). The highest BCUT2D eigenvalue weighted by atomic mass is 32.2. The predicted octanol–water partition coefficient (Wildman–Crippen LogP) is 2.17. The summed E-state index contributed by atoms with van der Waals surface area (Å²) < 4.78 is 0. The zero-order chi connectivity index (χ0) is 11.4. The zero-order valence-electron chi connectivity index (χ0n) is 8.91. The van der Waals surface area contributed by atoms with E-state index >= 15 is 0 Å². The molecule has 0 spiro atoms. The quantitative estimate of drug-likeness (QED) is 0.609. The Balaban J connectivity index is 3.30. The fourth-order valence-electron chi connectivity index (χ4n) is 1.34. The van der Waals surface area contributed by atoms with Crippen LogP contribution >= 0.6 is 11.8 Å². The highest BCUT2D eigenvalue weighted by Crippen LogP contribution is 2.29. The molecule has 0 saturated heterocycles. The average Bonchev–Trinajstić information content (AvgIpc) is 2.28. The monoisotopic (exact) mass is 225 g/mol. The molecule has 0 aromatic heterocycles. The lowest BCUT2D eigenvalue weighted by molar-refractivity contribution is 0.0985. The normalized spacial score (nSPS) is 10.3. The van der Waals surface area contributed by atoms with Crippen LogP contribution in [0.2, 0.25) is 0 Å². The summed E-state index contributed by atoms with van der Waals surface area (Å²) in [6.07, 6.45) is 2.31. The number of nitrogens with two attached hydrogens (primary N) is 1. The van der Waals surface area contributed by atoms with Crippen LogP contribution in [0.4, 0.5) is 0 Å². The van der Waals surface area contributed by atoms with Crippen LogP contribution in [0.25, 0.3) is 0 Å². The van der Waals surface area contributed by atoms with Gasteiger partial charge in [-0.1, -0.05) is 6.92 Å². The first kappa shape index (κ1) is 12.1. The smallest absolute Gasteiger partial charge is 0.166 e. The standard InChI is InChI=1S/C11H15NO2S/c1-3-10(13)9-5-8(15-2)4-7(6-12)11(9)14/h4-5,14H,3,6,12H2,1-2H3. The molecular weight excluding hydrogens is 210 g/mol. The minimum Gasteiger partial charge on any atom is -0.507 e. The van der Waals surface area contributed by atoms with Gasteiger partial charge in [0.15, 0.2) is 5.78 Å². The van der Waals surface area contributed by atoms with Crippen LogP contribution in [0.1, 0.15) is 29.3 Å².